The molecule has 7 rings (SSSR count). The Hall–Kier alpha value is -6.50. The molecule has 12 heteroatoms. The quantitative estimate of drug-likeness (QED) is 0.0990. The Kier molecular flexibility index (Phi) is 17.2. The van der Waals surface area contributed by atoms with Gasteiger partial charge in [-0.25, -0.2) is 9.13 Å². The van der Waals surface area contributed by atoms with Crippen LogP contribution in [0.3, 0.4) is 0 Å². The largest absolute Gasteiger partial charge is 1.00 e. The Bertz CT molecular complexity index is 2300. The van der Waals surface area contributed by atoms with E-state index in [9.17, 15) is 9.59 Å². The Morgan fingerprint density at radius 2 is 0.867 bits per heavy atom. The molecule has 0 saturated heterocycles. The number of ketones is 2. The molecule has 2 N–H and O–H groups in total. The molecule has 0 unspecified atom stereocenters. The molecule has 60 heavy (non-hydrogen) atoms. The number of carbonyl (C=O) groups excluding carboxylic acids is 2. The van der Waals surface area contributed by atoms with Gasteiger partial charge in [-0.1, -0.05) is 60.7 Å². The van der Waals surface area contributed by atoms with E-state index in [1.54, 1.807) is 36.7 Å². The topological polar surface area (TPSA) is 109 Å². The Balaban J connectivity index is 0.00000341. The van der Waals surface area contributed by atoms with Crippen molar-refractivity contribution in [3.05, 3.63) is 193 Å². The predicted octanol–water partition coefficient (Wildman–Crippen LogP) is 2.68. The smallest absolute Gasteiger partial charge is 0.199 e. The molecule has 0 spiro atoms. The third kappa shape index (κ3) is 12.3. The molecular formula is C48H44Br2N6O4. The molecule has 0 amide bonds. The highest BCUT2D eigenvalue weighted by molar-refractivity contribution is 6.23. The summed E-state index contributed by atoms with van der Waals surface area (Å²) < 4.78 is 16.5. The second-order valence-corrected chi connectivity index (χ2v) is 13.3. The van der Waals surface area contributed by atoms with Gasteiger partial charge in [0.2, 0.25) is 0 Å². The van der Waals surface area contributed by atoms with E-state index in [0.29, 0.717) is 69.7 Å². The van der Waals surface area contributed by atoms with Gasteiger partial charge < -0.3 is 54.1 Å². The Labute approximate surface area is 371 Å². The van der Waals surface area contributed by atoms with Gasteiger partial charge in [-0.2, -0.15) is 0 Å². The molecule has 0 atom stereocenters. The number of ether oxygens (including phenoxy) is 2. The highest BCUT2D eigenvalue weighted by atomic mass is 79.9. The van der Waals surface area contributed by atoms with Crippen LogP contribution in [-0.2, 0) is 13.1 Å². The molecule has 304 valence electrons. The van der Waals surface area contributed by atoms with Crippen LogP contribution in [-0.4, -0.2) is 37.2 Å². The number of aromatic nitrogens is 2. The molecule has 0 aliphatic carbocycles. The van der Waals surface area contributed by atoms with Crippen molar-refractivity contribution in [1.29, 1.82) is 0 Å². The van der Waals surface area contributed by atoms with E-state index in [1.165, 1.54) is 12.4 Å². The van der Waals surface area contributed by atoms with Crippen LogP contribution in [0.4, 0.5) is 22.7 Å². The van der Waals surface area contributed by atoms with Crippen LogP contribution in [0.5, 0.6) is 11.5 Å². The summed E-state index contributed by atoms with van der Waals surface area (Å²) in [5.74, 6) is 0.448. The lowest BCUT2D eigenvalue weighted by Gasteiger charge is -2.13. The normalized spacial score (nSPS) is 13.7. The zero-order valence-corrected chi connectivity index (χ0v) is 35.9. The summed E-state index contributed by atoms with van der Waals surface area (Å²) in [4.78, 5) is 38.1. The van der Waals surface area contributed by atoms with E-state index in [0.717, 1.165) is 25.9 Å². The first-order chi connectivity index (χ1) is 28.6. The minimum Gasteiger partial charge on any atom is -1.00 e. The molecule has 2 aromatic heterocycles. The molecule has 10 nitrogen and oxygen atoms in total. The molecule has 3 heterocycles. The summed E-state index contributed by atoms with van der Waals surface area (Å²) in [5, 5.41) is 6.57. The minimum absolute atomic E-state index is 0. The van der Waals surface area contributed by atoms with Crippen molar-refractivity contribution in [2.75, 3.05) is 23.8 Å². The number of hydrogen-bond donors (Lipinski definition) is 2. The Morgan fingerprint density at radius 3 is 1.30 bits per heavy atom. The lowest BCUT2D eigenvalue weighted by atomic mass is 10.0. The number of anilines is 2. The molecule has 1 aliphatic heterocycles. The number of hydrogen-bond acceptors (Lipinski definition) is 8. The number of fused-ring (bicyclic) bond motifs is 2. The fourth-order valence-corrected chi connectivity index (χ4v) is 6.23. The van der Waals surface area contributed by atoms with Crippen molar-refractivity contribution >= 4 is 46.7 Å². The number of rotatable bonds is 14. The number of aryl methyl sites for hydroxylation is 2. The highest BCUT2D eigenvalue weighted by Gasteiger charge is 2.19. The van der Waals surface area contributed by atoms with Crippen molar-refractivity contribution in [2.24, 2.45) is 9.98 Å². The van der Waals surface area contributed by atoms with E-state index in [1.807, 2.05) is 134 Å². The molecular weight excluding hydrogens is 884 g/mol. The number of pyridine rings is 2. The molecule has 4 aromatic carbocycles. The summed E-state index contributed by atoms with van der Waals surface area (Å²) in [6, 6.07) is 41.2. The fourth-order valence-electron chi connectivity index (χ4n) is 6.23. The van der Waals surface area contributed by atoms with E-state index in [4.69, 9.17) is 19.5 Å². The van der Waals surface area contributed by atoms with Crippen LogP contribution in [0.1, 0.15) is 33.6 Å². The minimum atomic E-state index is -0.268. The van der Waals surface area contributed by atoms with Gasteiger partial charge in [0.25, 0.3) is 0 Å². The second kappa shape index (κ2) is 23.2. The number of carbonyl (C=O) groups is 2. The van der Waals surface area contributed by atoms with Gasteiger partial charge in [0.05, 0.1) is 58.2 Å². The summed E-state index contributed by atoms with van der Waals surface area (Å²) in [6.07, 6.45) is 15.9. The third-order valence-corrected chi connectivity index (χ3v) is 9.24. The summed E-state index contributed by atoms with van der Waals surface area (Å²) in [5.41, 5.74) is 3.79. The maximum absolute atomic E-state index is 14.3. The predicted molar refractivity (Wildman–Crippen MR) is 228 cm³/mol. The average Bonchev–Trinajstić information content (AvgIpc) is 3.28. The zero-order chi connectivity index (χ0) is 39.8. The van der Waals surface area contributed by atoms with Gasteiger partial charge in [0.15, 0.2) is 49.4 Å². The standard InChI is InChI=1S/C48H42N6O4.2BrH/c55-47(39-17-3-9-23-45(39)57-31-15-29-53-25-11-1-12-26-53)37-33-49-41-19-5-7-21-43(41)51-35-38(36-52-44-22-8-6-20-42(44)50-34-37)48(56)40-18-4-10-24-46(40)58-32-16-30-54-27-13-2-14-28-54;;/h1-14,17-28,33-36H,15-16,29-32H2;2*1H. The molecule has 0 radical (unpaired) electrons. The third-order valence-electron chi connectivity index (χ3n) is 9.24. The molecule has 1 aliphatic rings. The average molecular weight is 929 g/mol. The van der Waals surface area contributed by atoms with Gasteiger partial charge in [-0.05, 0) is 48.5 Å². The van der Waals surface area contributed by atoms with Gasteiger partial charge in [-0.3, -0.25) is 19.6 Å². The van der Waals surface area contributed by atoms with Crippen LogP contribution in [0.15, 0.2) is 192 Å². The molecule has 0 fully saturated rings. The van der Waals surface area contributed by atoms with Gasteiger partial charge in [-0.15, -0.1) is 0 Å². The van der Waals surface area contributed by atoms with E-state index in [2.05, 4.69) is 19.8 Å². The lowest BCUT2D eigenvalue weighted by Crippen LogP contribution is -3.00. The number of allylic oxidation sites excluding steroid dienone is 2. The maximum Gasteiger partial charge on any atom is 0.199 e. The van der Waals surface area contributed by atoms with Gasteiger partial charge in [0, 0.05) is 61.9 Å². The number of nitrogens with zero attached hydrogens (tertiary/aromatic N) is 4. The molecule has 6 aromatic rings. The van der Waals surface area contributed by atoms with Crippen LogP contribution in [0.2, 0.25) is 0 Å². The molecule has 0 saturated carbocycles. The van der Waals surface area contributed by atoms with Crippen molar-refractivity contribution in [3.8, 4) is 11.5 Å². The first-order valence-corrected chi connectivity index (χ1v) is 19.2. The van der Waals surface area contributed by atoms with Crippen LogP contribution < -0.4 is 63.2 Å². The van der Waals surface area contributed by atoms with Crippen molar-refractivity contribution in [3.63, 3.8) is 0 Å². The van der Waals surface area contributed by atoms with Gasteiger partial charge in [0.1, 0.15) is 11.5 Å². The number of nitrogens with one attached hydrogen (secondary N) is 2. The number of Topliss-reactive ketones (excluding diaryl/α,β-unsaturated/α-hetero) is 2. The first-order valence-electron chi connectivity index (χ1n) is 19.2. The first kappa shape index (κ1) is 44.6. The van der Waals surface area contributed by atoms with Crippen LogP contribution >= 0.6 is 0 Å². The van der Waals surface area contributed by atoms with Gasteiger partial charge >= 0.3 is 0 Å². The highest BCUT2D eigenvalue weighted by Crippen LogP contribution is 2.29. The van der Waals surface area contributed by atoms with Crippen molar-refractivity contribution < 1.29 is 62.2 Å². The monoisotopic (exact) mass is 926 g/mol. The number of para-hydroxylation sites is 6. The summed E-state index contributed by atoms with van der Waals surface area (Å²) in [6.45, 7) is 2.45. The molecule has 0 bridgehead atoms. The fraction of sp³-hybridized carbons (Fsp3) is 0.125. The van der Waals surface area contributed by atoms with Crippen molar-refractivity contribution in [1.82, 2.24) is 0 Å². The SMILES string of the molecule is O=C(/C1=C/Nc2ccccc2N=C/C(C(=O)c2ccccc2OCCC[n+]2ccccc2)=C\Nc2ccccc2N=C1)c1ccccc1OCCC[n+]1ccccc1.[Br-].[Br-]. The Morgan fingerprint density at radius 1 is 0.483 bits per heavy atom. The summed E-state index contributed by atoms with van der Waals surface area (Å²) in [7, 11) is 0. The zero-order valence-electron chi connectivity index (χ0n) is 32.7. The number of halogens is 2. The van der Waals surface area contributed by atoms with Crippen LogP contribution in [0, 0.1) is 0 Å². The number of aliphatic imine (C=N–C) groups is 2. The van der Waals surface area contributed by atoms with E-state index < -0.39 is 0 Å². The lowest BCUT2D eigenvalue weighted by molar-refractivity contribution is -0.697. The van der Waals surface area contributed by atoms with Crippen molar-refractivity contribution in [2.45, 2.75) is 25.9 Å². The van der Waals surface area contributed by atoms with E-state index >= 15 is 0 Å². The van der Waals surface area contributed by atoms with E-state index in [-0.39, 0.29) is 45.5 Å². The summed E-state index contributed by atoms with van der Waals surface area (Å²) >= 11 is 0. The van der Waals surface area contributed by atoms with Crippen LogP contribution in [0.25, 0.3) is 0 Å². The second-order valence-electron chi connectivity index (χ2n) is 13.3. The number of benzene rings is 4. The maximum atomic E-state index is 14.3.